The highest BCUT2D eigenvalue weighted by Gasteiger charge is 2.32. The summed E-state index contributed by atoms with van der Waals surface area (Å²) in [6.45, 7) is 3.27. The van der Waals surface area contributed by atoms with Crippen molar-refractivity contribution in [1.29, 1.82) is 0 Å². The van der Waals surface area contributed by atoms with Crippen molar-refractivity contribution >= 4 is 23.1 Å². The van der Waals surface area contributed by atoms with E-state index in [4.69, 9.17) is 9.47 Å². The van der Waals surface area contributed by atoms with Gasteiger partial charge in [-0.05, 0) is 38.1 Å². The highest BCUT2D eigenvalue weighted by molar-refractivity contribution is 6.02. The van der Waals surface area contributed by atoms with Gasteiger partial charge in [-0.2, -0.15) is 0 Å². The number of hydrogen-bond donors (Lipinski definition) is 1. The second-order valence-corrected chi connectivity index (χ2v) is 6.73. The van der Waals surface area contributed by atoms with Gasteiger partial charge in [0.1, 0.15) is 11.4 Å². The molecular formula is C19H18N2O6. The Kier molecular flexibility index (Phi) is 4.81. The van der Waals surface area contributed by atoms with E-state index < -0.39 is 23.0 Å². The Balaban J connectivity index is 1.67. The number of nitro benzene ring substituents is 1. The largest absolute Gasteiger partial charge is 0.487 e. The first-order valence-corrected chi connectivity index (χ1v) is 8.27. The number of nitrogens with one attached hydrogen (secondary N) is 1. The van der Waals surface area contributed by atoms with E-state index >= 15 is 0 Å². The molecule has 1 aliphatic heterocycles. The van der Waals surface area contributed by atoms with Gasteiger partial charge in [-0.15, -0.1) is 0 Å². The van der Waals surface area contributed by atoms with Crippen LogP contribution in [0.15, 0.2) is 42.5 Å². The van der Waals surface area contributed by atoms with E-state index in [9.17, 15) is 19.7 Å². The molecule has 27 heavy (non-hydrogen) atoms. The van der Waals surface area contributed by atoms with Crippen LogP contribution in [0.1, 0.15) is 30.6 Å². The van der Waals surface area contributed by atoms with Crippen molar-refractivity contribution in [2.45, 2.75) is 25.9 Å². The molecule has 1 amide bonds. The second-order valence-electron chi connectivity index (χ2n) is 6.73. The molecule has 0 saturated carbocycles. The molecule has 0 atom stereocenters. The molecule has 140 valence electrons. The molecule has 0 unspecified atom stereocenters. The van der Waals surface area contributed by atoms with E-state index in [2.05, 4.69) is 5.32 Å². The van der Waals surface area contributed by atoms with Crippen molar-refractivity contribution < 1.29 is 24.0 Å². The first-order chi connectivity index (χ1) is 12.7. The van der Waals surface area contributed by atoms with Gasteiger partial charge in [0.25, 0.3) is 5.91 Å². The number of amides is 1. The molecule has 0 aliphatic carbocycles. The quantitative estimate of drug-likeness (QED) is 0.639. The fraction of sp³-hybridized carbons (Fsp3) is 0.263. The Labute approximate surface area is 155 Å². The zero-order valence-electron chi connectivity index (χ0n) is 14.9. The van der Waals surface area contributed by atoms with Crippen LogP contribution in [-0.4, -0.2) is 28.8 Å². The number of nitrogens with zero attached hydrogens (tertiary/aromatic N) is 1. The van der Waals surface area contributed by atoms with Crippen LogP contribution in [0.25, 0.3) is 0 Å². The lowest BCUT2D eigenvalue weighted by Gasteiger charge is -2.31. The van der Waals surface area contributed by atoms with Gasteiger partial charge in [0, 0.05) is 11.8 Å². The Morgan fingerprint density at radius 3 is 2.78 bits per heavy atom. The number of nitro groups is 1. The summed E-state index contributed by atoms with van der Waals surface area (Å²) in [4.78, 5) is 34.7. The number of rotatable bonds is 5. The van der Waals surface area contributed by atoms with Gasteiger partial charge in [0.2, 0.25) is 0 Å². The molecule has 1 N–H and O–H groups in total. The van der Waals surface area contributed by atoms with Gasteiger partial charge in [-0.25, -0.2) is 0 Å². The predicted molar refractivity (Wildman–Crippen MR) is 97.3 cm³/mol. The minimum Gasteiger partial charge on any atom is -0.487 e. The molecule has 0 bridgehead atoms. The van der Waals surface area contributed by atoms with Gasteiger partial charge >= 0.3 is 5.69 Å². The van der Waals surface area contributed by atoms with Crippen LogP contribution >= 0.6 is 0 Å². The number of hydrogen-bond acceptors (Lipinski definition) is 6. The van der Waals surface area contributed by atoms with Crippen LogP contribution in [0.2, 0.25) is 0 Å². The Bertz CT molecular complexity index is 922. The van der Waals surface area contributed by atoms with Gasteiger partial charge in [-0.1, -0.05) is 12.1 Å². The number of carbonyl (C=O) groups excluding carboxylic acids is 2. The van der Waals surface area contributed by atoms with Crippen molar-refractivity contribution in [2.24, 2.45) is 0 Å². The fourth-order valence-corrected chi connectivity index (χ4v) is 2.80. The third-order valence-corrected chi connectivity index (χ3v) is 3.96. The number of para-hydroxylation sites is 2. The van der Waals surface area contributed by atoms with E-state index in [1.807, 2.05) is 13.8 Å². The van der Waals surface area contributed by atoms with Gasteiger partial charge < -0.3 is 14.8 Å². The molecule has 1 aliphatic rings. The SMILES string of the molecule is CC1(C)CC(=O)c2cc(NC(=O)COc3ccccc3[N+](=O)[O-])ccc2O1. The fourth-order valence-electron chi connectivity index (χ4n) is 2.80. The van der Waals surface area contributed by atoms with E-state index in [1.165, 1.54) is 18.2 Å². The summed E-state index contributed by atoms with van der Waals surface area (Å²) in [7, 11) is 0. The lowest BCUT2D eigenvalue weighted by atomic mass is 9.93. The number of Topliss-reactive ketones (excluding diaryl/α,β-unsaturated/α-hetero) is 1. The van der Waals surface area contributed by atoms with Crippen LogP contribution in [0.5, 0.6) is 11.5 Å². The van der Waals surface area contributed by atoms with Crippen molar-refractivity contribution in [1.82, 2.24) is 0 Å². The van der Waals surface area contributed by atoms with Crippen LogP contribution in [0, 0.1) is 10.1 Å². The predicted octanol–water partition coefficient (Wildman–Crippen LogP) is 3.36. The minimum absolute atomic E-state index is 0.00824. The Morgan fingerprint density at radius 1 is 1.30 bits per heavy atom. The molecule has 8 heteroatoms. The average molecular weight is 370 g/mol. The van der Waals surface area contributed by atoms with Gasteiger partial charge in [0.15, 0.2) is 18.1 Å². The molecule has 3 rings (SSSR count). The average Bonchev–Trinajstić information content (AvgIpc) is 2.60. The summed E-state index contributed by atoms with van der Waals surface area (Å²) >= 11 is 0. The molecule has 0 aromatic heterocycles. The van der Waals surface area contributed by atoms with Crippen LogP contribution in [0.4, 0.5) is 11.4 Å². The Hall–Kier alpha value is -3.42. The summed E-state index contributed by atoms with van der Waals surface area (Å²) < 4.78 is 11.0. The number of fused-ring (bicyclic) bond motifs is 1. The zero-order valence-corrected chi connectivity index (χ0v) is 14.9. The van der Waals surface area contributed by atoms with E-state index in [1.54, 1.807) is 24.3 Å². The van der Waals surface area contributed by atoms with Crippen molar-refractivity contribution in [3.05, 3.63) is 58.1 Å². The third kappa shape index (κ3) is 4.22. The zero-order chi connectivity index (χ0) is 19.6. The van der Waals surface area contributed by atoms with Crippen molar-refractivity contribution in [3.8, 4) is 11.5 Å². The summed E-state index contributed by atoms with van der Waals surface area (Å²) in [5.41, 5.74) is 0.0466. The monoisotopic (exact) mass is 370 g/mol. The highest BCUT2D eigenvalue weighted by Crippen LogP contribution is 2.34. The van der Waals surface area contributed by atoms with Crippen molar-refractivity contribution in [2.75, 3.05) is 11.9 Å². The van der Waals surface area contributed by atoms with E-state index in [0.29, 0.717) is 17.0 Å². The third-order valence-electron chi connectivity index (χ3n) is 3.96. The number of ether oxygens (including phenoxy) is 2. The summed E-state index contributed by atoms with van der Waals surface area (Å²) in [6, 6.07) is 10.6. The van der Waals surface area contributed by atoms with Crippen molar-refractivity contribution in [3.63, 3.8) is 0 Å². The lowest BCUT2D eigenvalue weighted by molar-refractivity contribution is -0.385. The molecule has 8 nitrogen and oxygen atoms in total. The normalized spacial score (nSPS) is 14.7. The topological polar surface area (TPSA) is 108 Å². The molecule has 0 saturated heterocycles. The first-order valence-electron chi connectivity index (χ1n) is 8.27. The summed E-state index contributed by atoms with van der Waals surface area (Å²) in [5, 5.41) is 13.6. The highest BCUT2D eigenvalue weighted by atomic mass is 16.6. The van der Waals surface area contributed by atoms with E-state index in [0.717, 1.165) is 0 Å². The smallest absolute Gasteiger partial charge is 0.310 e. The van der Waals surface area contributed by atoms with Gasteiger partial charge in [0.05, 0.1) is 16.9 Å². The summed E-state index contributed by atoms with van der Waals surface area (Å²) in [6.07, 6.45) is 0.248. The maximum atomic E-state index is 12.3. The number of benzene rings is 2. The molecule has 0 fully saturated rings. The second kappa shape index (κ2) is 7.06. The standard InChI is InChI=1S/C19H18N2O6/c1-19(2)10-15(22)13-9-12(7-8-16(13)27-19)20-18(23)11-26-17-6-4-3-5-14(17)21(24)25/h3-9H,10-11H2,1-2H3,(H,20,23). The molecule has 2 aromatic carbocycles. The van der Waals surface area contributed by atoms with Gasteiger partial charge in [-0.3, -0.25) is 19.7 Å². The minimum atomic E-state index is -0.580. The first kappa shape index (κ1) is 18.4. The molecule has 0 spiro atoms. The molecular weight excluding hydrogens is 352 g/mol. The molecule has 1 heterocycles. The maximum absolute atomic E-state index is 12.3. The maximum Gasteiger partial charge on any atom is 0.310 e. The van der Waals surface area contributed by atoms with Crippen LogP contribution in [0.3, 0.4) is 0 Å². The Morgan fingerprint density at radius 2 is 2.04 bits per heavy atom. The number of ketones is 1. The number of anilines is 1. The molecule has 0 radical (unpaired) electrons. The van der Waals surface area contributed by atoms with Crippen LogP contribution < -0.4 is 14.8 Å². The molecule has 2 aromatic rings. The van der Waals surface area contributed by atoms with Crippen LogP contribution in [-0.2, 0) is 4.79 Å². The summed E-state index contributed by atoms with van der Waals surface area (Å²) in [5.74, 6) is -0.0783. The van der Waals surface area contributed by atoms with E-state index in [-0.39, 0.29) is 23.6 Å². The lowest BCUT2D eigenvalue weighted by Crippen LogP contribution is -2.35. The number of carbonyl (C=O) groups is 2.